The van der Waals surface area contributed by atoms with E-state index in [0.717, 1.165) is 5.56 Å². The largest absolute Gasteiger partial charge is 0.294 e. The van der Waals surface area contributed by atoms with Crippen molar-refractivity contribution in [2.24, 2.45) is 0 Å². The van der Waals surface area contributed by atoms with Gasteiger partial charge in [-0.2, -0.15) is 0 Å². The molecule has 0 atom stereocenters. The van der Waals surface area contributed by atoms with Gasteiger partial charge in [0, 0.05) is 35.0 Å². The van der Waals surface area contributed by atoms with Crippen LogP contribution in [-0.2, 0) is 6.42 Å². The molecule has 0 bridgehead atoms. The molecule has 1 heterocycles. The fourth-order valence-corrected chi connectivity index (χ4v) is 1.97. The highest BCUT2D eigenvalue weighted by molar-refractivity contribution is 6.31. The number of Topliss-reactive ketones (excluding diaryl/α,β-unsaturated/α-hetero) is 1. The van der Waals surface area contributed by atoms with Gasteiger partial charge in [-0.15, -0.1) is 0 Å². The maximum Gasteiger partial charge on any atom is 0.167 e. The minimum Gasteiger partial charge on any atom is -0.294 e. The molecule has 1 aromatic carbocycles. The third kappa shape index (κ3) is 2.57. The average molecular weight is 264 g/mol. The van der Waals surface area contributed by atoms with E-state index in [1.165, 1.54) is 12.1 Å². The van der Waals surface area contributed by atoms with Crippen molar-refractivity contribution in [3.63, 3.8) is 0 Å². The van der Waals surface area contributed by atoms with Crippen LogP contribution < -0.4 is 0 Å². The Labute approximate surface area is 109 Å². The molecule has 0 fully saturated rings. The first-order valence-corrected chi connectivity index (χ1v) is 5.84. The molecule has 4 heteroatoms. The van der Waals surface area contributed by atoms with E-state index < -0.39 is 5.82 Å². The molecule has 0 unspecified atom stereocenters. The van der Waals surface area contributed by atoms with Crippen LogP contribution in [0.5, 0.6) is 0 Å². The number of nitrogens with zero attached hydrogens (tertiary/aromatic N) is 1. The van der Waals surface area contributed by atoms with Gasteiger partial charge in [-0.1, -0.05) is 17.7 Å². The van der Waals surface area contributed by atoms with Crippen LogP contribution in [0.3, 0.4) is 0 Å². The molecule has 0 saturated carbocycles. The van der Waals surface area contributed by atoms with Gasteiger partial charge in [0.15, 0.2) is 5.78 Å². The Balaban J connectivity index is 2.30. The van der Waals surface area contributed by atoms with Gasteiger partial charge in [0.25, 0.3) is 0 Å². The Morgan fingerprint density at radius 3 is 2.83 bits per heavy atom. The average Bonchev–Trinajstić information content (AvgIpc) is 2.34. The summed E-state index contributed by atoms with van der Waals surface area (Å²) >= 11 is 5.90. The predicted molar refractivity (Wildman–Crippen MR) is 68.4 cm³/mol. The second kappa shape index (κ2) is 5.27. The first kappa shape index (κ1) is 12.7. The van der Waals surface area contributed by atoms with Crippen LogP contribution >= 0.6 is 11.6 Å². The molecule has 92 valence electrons. The van der Waals surface area contributed by atoms with E-state index in [-0.39, 0.29) is 22.8 Å². The number of halogens is 2. The van der Waals surface area contributed by atoms with Gasteiger partial charge < -0.3 is 0 Å². The molecule has 0 amide bonds. The molecule has 0 N–H and O–H groups in total. The van der Waals surface area contributed by atoms with Crippen LogP contribution in [0.15, 0.2) is 36.7 Å². The van der Waals surface area contributed by atoms with Gasteiger partial charge in [0.05, 0.1) is 0 Å². The standard InChI is InChI=1S/C14H11ClFNO/c1-9-8-17-6-5-10(9)14(18)7-11-12(15)3-2-4-13(11)16/h2-6,8H,7H2,1H3. The SMILES string of the molecule is Cc1cnccc1C(=O)Cc1c(F)cccc1Cl. The summed E-state index contributed by atoms with van der Waals surface area (Å²) in [5, 5.41) is 0.273. The minimum atomic E-state index is -0.456. The van der Waals surface area contributed by atoms with Gasteiger partial charge in [-0.05, 0) is 30.7 Å². The summed E-state index contributed by atoms with van der Waals surface area (Å²) in [5.74, 6) is -0.621. The highest BCUT2D eigenvalue weighted by Gasteiger charge is 2.14. The van der Waals surface area contributed by atoms with Crippen LogP contribution in [0.4, 0.5) is 4.39 Å². The second-order valence-electron chi connectivity index (χ2n) is 3.99. The van der Waals surface area contributed by atoms with Crippen molar-refractivity contribution in [2.45, 2.75) is 13.3 Å². The Morgan fingerprint density at radius 1 is 1.39 bits per heavy atom. The molecule has 0 spiro atoms. The number of aromatic nitrogens is 1. The predicted octanol–water partition coefficient (Wildman–Crippen LogP) is 3.61. The number of aryl methyl sites for hydroxylation is 1. The van der Waals surface area contributed by atoms with Crippen molar-refractivity contribution < 1.29 is 9.18 Å². The Morgan fingerprint density at radius 2 is 2.17 bits per heavy atom. The van der Waals surface area contributed by atoms with E-state index in [1.807, 2.05) is 0 Å². The summed E-state index contributed by atoms with van der Waals surface area (Å²) in [7, 11) is 0. The topological polar surface area (TPSA) is 30.0 Å². The fraction of sp³-hybridized carbons (Fsp3) is 0.143. The number of rotatable bonds is 3. The van der Waals surface area contributed by atoms with E-state index in [1.54, 1.807) is 31.5 Å². The number of hydrogen-bond acceptors (Lipinski definition) is 2. The number of ketones is 1. The quantitative estimate of drug-likeness (QED) is 0.792. The molecular weight excluding hydrogens is 253 g/mol. The minimum absolute atomic E-state index is 0.0453. The van der Waals surface area contributed by atoms with E-state index in [0.29, 0.717) is 5.56 Å². The lowest BCUT2D eigenvalue weighted by atomic mass is 10.0. The van der Waals surface area contributed by atoms with Crippen molar-refractivity contribution in [1.29, 1.82) is 0 Å². The summed E-state index contributed by atoms with van der Waals surface area (Å²) in [4.78, 5) is 16.0. The third-order valence-electron chi connectivity index (χ3n) is 2.72. The highest BCUT2D eigenvalue weighted by Crippen LogP contribution is 2.21. The molecule has 0 radical (unpaired) electrons. The normalized spacial score (nSPS) is 10.4. The van der Waals surface area contributed by atoms with Crippen molar-refractivity contribution in [2.75, 3.05) is 0 Å². The Kier molecular flexibility index (Phi) is 3.72. The molecule has 0 aliphatic carbocycles. The number of carbonyl (C=O) groups excluding carboxylic acids is 1. The van der Waals surface area contributed by atoms with Gasteiger partial charge >= 0.3 is 0 Å². The molecule has 2 rings (SSSR count). The molecule has 1 aromatic heterocycles. The maximum atomic E-state index is 13.6. The van der Waals surface area contributed by atoms with Crippen LogP contribution in [0.25, 0.3) is 0 Å². The van der Waals surface area contributed by atoms with Gasteiger partial charge in [-0.25, -0.2) is 4.39 Å². The van der Waals surface area contributed by atoms with Gasteiger partial charge in [0.2, 0.25) is 0 Å². The summed E-state index contributed by atoms with van der Waals surface area (Å²) < 4.78 is 13.6. The van der Waals surface area contributed by atoms with E-state index in [4.69, 9.17) is 11.6 Å². The summed E-state index contributed by atoms with van der Waals surface area (Å²) in [6, 6.07) is 6.02. The van der Waals surface area contributed by atoms with Crippen LogP contribution in [0.1, 0.15) is 21.5 Å². The molecule has 0 saturated heterocycles. The smallest absolute Gasteiger partial charge is 0.167 e. The summed E-state index contributed by atoms with van der Waals surface area (Å²) in [5.41, 5.74) is 1.56. The van der Waals surface area contributed by atoms with Gasteiger partial charge in [-0.3, -0.25) is 9.78 Å². The number of hydrogen-bond donors (Lipinski definition) is 0. The third-order valence-corrected chi connectivity index (χ3v) is 3.07. The lowest BCUT2D eigenvalue weighted by molar-refractivity contribution is 0.0991. The monoisotopic (exact) mass is 263 g/mol. The Bertz CT molecular complexity index is 578. The molecule has 2 nitrogen and oxygen atoms in total. The van der Waals surface area contributed by atoms with Crippen LogP contribution in [0, 0.1) is 12.7 Å². The van der Waals surface area contributed by atoms with Crippen molar-refractivity contribution in [3.8, 4) is 0 Å². The lowest BCUT2D eigenvalue weighted by Gasteiger charge is -2.07. The van der Waals surface area contributed by atoms with Crippen LogP contribution in [-0.4, -0.2) is 10.8 Å². The molecular formula is C14H11ClFNO. The Hall–Kier alpha value is -1.74. The molecule has 0 aliphatic heterocycles. The zero-order valence-electron chi connectivity index (χ0n) is 9.78. The second-order valence-corrected chi connectivity index (χ2v) is 4.40. The van der Waals surface area contributed by atoms with Crippen molar-refractivity contribution >= 4 is 17.4 Å². The van der Waals surface area contributed by atoms with Crippen LogP contribution in [0.2, 0.25) is 5.02 Å². The highest BCUT2D eigenvalue weighted by atomic mass is 35.5. The van der Waals surface area contributed by atoms with Crippen molar-refractivity contribution in [3.05, 3.63) is 64.2 Å². The molecule has 2 aromatic rings. The zero-order valence-corrected chi connectivity index (χ0v) is 10.5. The fourth-order valence-electron chi connectivity index (χ4n) is 1.74. The summed E-state index contributed by atoms with van der Waals surface area (Å²) in [6.07, 6.45) is 3.11. The number of benzene rings is 1. The number of carbonyl (C=O) groups is 1. The van der Waals surface area contributed by atoms with E-state index >= 15 is 0 Å². The van der Waals surface area contributed by atoms with Gasteiger partial charge in [0.1, 0.15) is 5.82 Å². The maximum absolute atomic E-state index is 13.6. The first-order chi connectivity index (χ1) is 8.59. The summed E-state index contributed by atoms with van der Waals surface area (Å²) in [6.45, 7) is 1.79. The molecule has 0 aliphatic rings. The van der Waals surface area contributed by atoms with Crippen molar-refractivity contribution in [1.82, 2.24) is 4.98 Å². The molecule has 18 heavy (non-hydrogen) atoms. The van der Waals surface area contributed by atoms with E-state index in [2.05, 4.69) is 4.98 Å². The first-order valence-electron chi connectivity index (χ1n) is 5.46. The number of pyridine rings is 1. The lowest BCUT2D eigenvalue weighted by Crippen LogP contribution is -2.07. The van der Waals surface area contributed by atoms with E-state index in [9.17, 15) is 9.18 Å². The zero-order chi connectivity index (χ0) is 13.1.